The summed E-state index contributed by atoms with van der Waals surface area (Å²) in [4.78, 5) is 16.5. The van der Waals surface area contributed by atoms with Crippen LogP contribution in [0.3, 0.4) is 0 Å². The van der Waals surface area contributed by atoms with Crippen molar-refractivity contribution in [3.63, 3.8) is 0 Å². The minimum atomic E-state index is 0.845. The molecule has 0 spiro atoms. The molecule has 0 saturated carbocycles. The molecule has 0 unspecified atom stereocenters. The van der Waals surface area contributed by atoms with Crippen molar-refractivity contribution in [1.29, 1.82) is 0 Å². The average Bonchev–Trinajstić information content (AvgIpc) is 3.10. The van der Waals surface area contributed by atoms with Gasteiger partial charge >= 0.3 is 0 Å². The minimum Gasteiger partial charge on any atom is -0.293 e. The zero-order valence-corrected chi connectivity index (χ0v) is 14.8. The smallest absolute Gasteiger partial charge is 0.173 e. The van der Waals surface area contributed by atoms with Crippen LogP contribution >= 0.6 is 0 Å². The number of aliphatic imine (C=N–C) groups is 1. The van der Waals surface area contributed by atoms with Gasteiger partial charge in [-0.2, -0.15) is 5.10 Å². The van der Waals surface area contributed by atoms with Crippen molar-refractivity contribution < 1.29 is 0 Å². The van der Waals surface area contributed by atoms with Gasteiger partial charge in [-0.05, 0) is 37.5 Å². The summed E-state index contributed by atoms with van der Waals surface area (Å²) < 4.78 is 1.94. The highest BCUT2D eigenvalue weighted by Gasteiger charge is 2.21. The summed E-state index contributed by atoms with van der Waals surface area (Å²) in [5.74, 6) is 0.845. The SMILES string of the molecule is c1ccn2nc(CN3CCc4nc(C5=NCCCC5)ncc4C3)cc2c1. The van der Waals surface area contributed by atoms with E-state index in [-0.39, 0.29) is 0 Å². The second-order valence-electron chi connectivity index (χ2n) is 7.12. The third kappa shape index (κ3) is 3.01. The van der Waals surface area contributed by atoms with E-state index in [4.69, 9.17) is 4.98 Å². The molecule has 6 heteroatoms. The molecule has 0 aliphatic carbocycles. The number of nitrogens with zero attached hydrogens (tertiary/aromatic N) is 6. The van der Waals surface area contributed by atoms with Gasteiger partial charge in [-0.15, -0.1) is 0 Å². The summed E-state index contributed by atoms with van der Waals surface area (Å²) in [7, 11) is 0. The summed E-state index contributed by atoms with van der Waals surface area (Å²) in [6.07, 6.45) is 8.36. The third-order valence-electron chi connectivity index (χ3n) is 5.20. The maximum Gasteiger partial charge on any atom is 0.173 e. The van der Waals surface area contributed by atoms with E-state index in [2.05, 4.69) is 32.1 Å². The van der Waals surface area contributed by atoms with Crippen molar-refractivity contribution in [1.82, 2.24) is 24.5 Å². The van der Waals surface area contributed by atoms with E-state index in [1.807, 2.05) is 29.0 Å². The summed E-state index contributed by atoms with van der Waals surface area (Å²) in [6.45, 7) is 3.66. The highest BCUT2D eigenvalue weighted by Crippen LogP contribution is 2.20. The highest BCUT2D eigenvalue weighted by molar-refractivity contribution is 5.97. The van der Waals surface area contributed by atoms with Gasteiger partial charge in [0.25, 0.3) is 0 Å². The van der Waals surface area contributed by atoms with E-state index < -0.39 is 0 Å². The molecule has 5 rings (SSSR count). The monoisotopic (exact) mass is 346 g/mol. The Morgan fingerprint density at radius 1 is 1.12 bits per heavy atom. The van der Waals surface area contributed by atoms with Crippen LogP contribution in [-0.2, 0) is 19.5 Å². The molecule has 2 aliphatic rings. The second-order valence-corrected chi connectivity index (χ2v) is 7.12. The molecule has 0 saturated heterocycles. The van der Waals surface area contributed by atoms with E-state index >= 15 is 0 Å². The van der Waals surface area contributed by atoms with Gasteiger partial charge in [-0.25, -0.2) is 14.5 Å². The van der Waals surface area contributed by atoms with Crippen LogP contribution in [0.1, 0.15) is 42.0 Å². The molecule has 0 bridgehead atoms. The van der Waals surface area contributed by atoms with Gasteiger partial charge in [0.15, 0.2) is 5.82 Å². The van der Waals surface area contributed by atoms with Crippen LogP contribution in [-0.4, -0.2) is 43.3 Å². The van der Waals surface area contributed by atoms with E-state index in [9.17, 15) is 0 Å². The Kier molecular flexibility index (Phi) is 3.97. The molecule has 0 amide bonds. The molecule has 26 heavy (non-hydrogen) atoms. The first-order chi connectivity index (χ1) is 12.8. The molecule has 0 N–H and O–H groups in total. The Morgan fingerprint density at radius 2 is 2.12 bits per heavy atom. The summed E-state index contributed by atoms with van der Waals surface area (Å²) in [6, 6.07) is 8.30. The van der Waals surface area contributed by atoms with Crippen molar-refractivity contribution >= 4 is 11.2 Å². The third-order valence-corrected chi connectivity index (χ3v) is 5.20. The van der Waals surface area contributed by atoms with Gasteiger partial charge in [-0.3, -0.25) is 9.89 Å². The number of pyridine rings is 1. The maximum absolute atomic E-state index is 4.82. The zero-order valence-electron chi connectivity index (χ0n) is 14.8. The number of rotatable bonds is 3. The first kappa shape index (κ1) is 15.6. The van der Waals surface area contributed by atoms with Crippen molar-refractivity contribution in [2.24, 2.45) is 4.99 Å². The van der Waals surface area contributed by atoms with Gasteiger partial charge in [0.1, 0.15) is 0 Å². The van der Waals surface area contributed by atoms with E-state index in [1.165, 1.54) is 24.1 Å². The van der Waals surface area contributed by atoms with Crippen molar-refractivity contribution in [2.45, 2.75) is 38.8 Å². The molecule has 0 radical (unpaired) electrons. The Labute approximate surface area is 152 Å². The minimum absolute atomic E-state index is 0.845. The molecule has 5 heterocycles. The largest absolute Gasteiger partial charge is 0.293 e. The van der Waals surface area contributed by atoms with Crippen LogP contribution in [0.15, 0.2) is 41.7 Å². The molecular weight excluding hydrogens is 324 g/mol. The molecule has 3 aromatic rings. The molecule has 6 nitrogen and oxygen atoms in total. The van der Waals surface area contributed by atoms with Gasteiger partial charge in [0.05, 0.1) is 22.6 Å². The second kappa shape index (κ2) is 6.61. The summed E-state index contributed by atoms with van der Waals surface area (Å²) in [5.41, 5.74) is 5.76. The van der Waals surface area contributed by atoms with Gasteiger partial charge in [0.2, 0.25) is 0 Å². The summed E-state index contributed by atoms with van der Waals surface area (Å²) in [5, 5.41) is 4.67. The summed E-state index contributed by atoms with van der Waals surface area (Å²) >= 11 is 0. The first-order valence-electron chi connectivity index (χ1n) is 9.39. The Morgan fingerprint density at radius 3 is 3.00 bits per heavy atom. The number of aromatic nitrogens is 4. The number of hydrogen-bond donors (Lipinski definition) is 0. The quantitative estimate of drug-likeness (QED) is 0.731. The van der Waals surface area contributed by atoms with Gasteiger partial charge < -0.3 is 0 Å². The van der Waals surface area contributed by atoms with Crippen LogP contribution in [0.2, 0.25) is 0 Å². The van der Waals surface area contributed by atoms with E-state index in [0.29, 0.717) is 0 Å². The molecule has 2 aliphatic heterocycles. The van der Waals surface area contributed by atoms with Gasteiger partial charge in [0, 0.05) is 50.6 Å². The number of fused-ring (bicyclic) bond motifs is 2. The fourth-order valence-corrected chi connectivity index (χ4v) is 3.83. The van der Waals surface area contributed by atoms with Crippen molar-refractivity contribution in [3.05, 3.63) is 59.4 Å². The molecule has 0 atom stereocenters. The molecule has 3 aromatic heterocycles. The van der Waals surface area contributed by atoms with E-state index in [1.54, 1.807) is 0 Å². The van der Waals surface area contributed by atoms with Crippen molar-refractivity contribution in [3.8, 4) is 0 Å². The van der Waals surface area contributed by atoms with Crippen LogP contribution in [0.5, 0.6) is 0 Å². The molecule has 0 aromatic carbocycles. The lowest BCUT2D eigenvalue weighted by molar-refractivity contribution is 0.239. The lowest BCUT2D eigenvalue weighted by Gasteiger charge is -2.27. The molecule has 0 fully saturated rings. The predicted octanol–water partition coefficient (Wildman–Crippen LogP) is 2.66. The first-order valence-corrected chi connectivity index (χ1v) is 9.39. The van der Waals surface area contributed by atoms with Crippen LogP contribution in [0.4, 0.5) is 0 Å². The standard InChI is InChI=1S/C20H22N6/c1-3-8-21-19(6-1)20-22-12-15-13-25(10-7-18(15)23-20)14-16-11-17-5-2-4-9-26(17)24-16/h2,4-5,9,11-12H,1,3,6-8,10,13-14H2. The maximum atomic E-state index is 4.82. The van der Waals surface area contributed by atoms with Crippen LogP contribution in [0.25, 0.3) is 5.52 Å². The molecular formula is C20H22N6. The lowest BCUT2D eigenvalue weighted by atomic mass is 10.1. The molecule has 132 valence electrons. The average molecular weight is 346 g/mol. The zero-order chi connectivity index (χ0) is 17.3. The fraction of sp³-hybridized carbons (Fsp3) is 0.400. The Hall–Kier alpha value is -2.60. The lowest BCUT2D eigenvalue weighted by Crippen LogP contribution is -2.31. The number of hydrogen-bond acceptors (Lipinski definition) is 5. The van der Waals surface area contributed by atoms with Crippen LogP contribution in [0, 0.1) is 0 Å². The highest BCUT2D eigenvalue weighted by atomic mass is 15.2. The predicted molar refractivity (Wildman–Crippen MR) is 100 cm³/mol. The fourth-order valence-electron chi connectivity index (χ4n) is 3.83. The Bertz CT molecular complexity index is 940. The normalized spacial score (nSPS) is 17.9. The van der Waals surface area contributed by atoms with E-state index in [0.717, 1.165) is 61.8 Å². The van der Waals surface area contributed by atoms with Crippen LogP contribution < -0.4 is 0 Å². The Balaban J connectivity index is 1.32. The van der Waals surface area contributed by atoms with Crippen molar-refractivity contribution in [2.75, 3.05) is 13.1 Å². The topological polar surface area (TPSA) is 58.7 Å². The van der Waals surface area contributed by atoms with Gasteiger partial charge in [-0.1, -0.05) is 6.07 Å².